The number of allylic oxidation sites excluding steroid dienone is 5. The molecule has 5 rings (SSSR count). The lowest BCUT2D eigenvalue weighted by Gasteiger charge is -2.12. The number of benzene rings is 2. The Labute approximate surface area is 181 Å². The van der Waals surface area contributed by atoms with Crippen molar-refractivity contribution in [3.63, 3.8) is 0 Å². The van der Waals surface area contributed by atoms with Gasteiger partial charge in [0, 0.05) is 45.7 Å². The average Bonchev–Trinajstić information content (AvgIpc) is 3.28. The Morgan fingerprint density at radius 2 is 1.44 bits per heavy atom. The molecule has 2 aliphatic rings. The number of aromatic nitrogens is 1. The van der Waals surface area contributed by atoms with Gasteiger partial charge in [-0.3, -0.25) is 4.98 Å². The molecule has 148 valence electrons. The third kappa shape index (κ3) is 2.53. The molecule has 0 saturated heterocycles. The first-order valence-corrected chi connectivity index (χ1v) is 9.55. The third-order valence-electron chi connectivity index (χ3n) is 5.60. The molecule has 0 radical (unpaired) electrons. The zero-order valence-electron chi connectivity index (χ0n) is 16.3. The summed E-state index contributed by atoms with van der Waals surface area (Å²) < 4.78 is 28.4. The molecule has 32 heavy (non-hydrogen) atoms. The van der Waals surface area contributed by atoms with Crippen LogP contribution in [0.4, 0.5) is 8.78 Å². The van der Waals surface area contributed by atoms with Crippen LogP contribution in [0.2, 0.25) is 0 Å². The molecule has 1 aromatic heterocycles. The number of hydrogen-bond donors (Lipinski definition) is 0. The number of nitriles is 3. The molecule has 0 amide bonds. The molecule has 3 aromatic rings. The molecule has 0 fully saturated rings. The molecule has 0 saturated carbocycles. The van der Waals surface area contributed by atoms with Gasteiger partial charge in [0.1, 0.15) is 17.7 Å². The first-order chi connectivity index (χ1) is 15.6. The highest BCUT2D eigenvalue weighted by Gasteiger charge is 2.37. The second-order valence-corrected chi connectivity index (χ2v) is 7.17. The topological polar surface area (TPSA) is 84.3 Å². The zero-order valence-corrected chi connectivity index (χ0v) is 16.3. The highest BCUT2D eigenvalue weighted by molar-refractivity contribution is 6.20. The van der Waals surface area contributed by atoms with Crippen molar-refractivity contribution in [2.24, 2.45) is 0 Å². The van der Waals surface area contributed by atoms with Gasteiger partial charge in [0.15, 0.2) is 11.6 Å². The monoisotopic (exact) mass is 416 g/mol. The van der Waals surface area contributed by atoms with Gasteiger partial charge >= 0.3 is 0 Å². The molecule has 0 spiro atoms. The van der Waals surface area contributed by atoms with Gasteiger partial charge in [0.05, 0.1) is 11.8 Å². The van der Waals surface area contributed by atoms with Gasteiger partial charge in [0.25, 0.3) is 0 Å². The third-order valence-corrected chi connectivity index (χ3v) is 5.60. The quantitative estimate of drug-likeness (QED) is 0.351. The first-order valence-electron chi connectivity index (χ1n) is 9.55. The van der Waals surface area contributed by atoms with Crippen LogP contribution in [0, 0.1) is 45.6 Å². The summed E-state index contributed by atoms with van der Waals surface area (Å²) >= 11 is 0. The van der Waals surface area contributed by atoms with Crippen molar-refractivity contribution < 1.29 is 8.78 Å². The fourth-order valence-corrected chi connectivity index (χ4v) is 4.39. The van der Waals surface area contributed by atoms with Crippen molar-refractivity contribution in [2.45, 2.75) is 0 Å². The van der Waals surface area contributed by atoms with Crippen molar-refractivity contribution >= 4 is 16.7 Å². The van der Waals surface area contributed by atoms with E-state index in [4.69, 9.17) is 0 Å². The number of pyridine rings is 1. The second kappa shape index (κ2) is 7.13. The van der Waals surface area contributed by atoms with Crippen LogP contribution < -0.4 is 0 Å². The molecule has 0 unspecified atom stereocenters. The minimum absolute atomic E-state index is 0.173. The second-order valence-electron chi connectivity index (χ2n) is 7.17. The molecule has 0 atom stereocenters. The van der Waals surface area contributed by atoms with E-state index in [-0.39, 0.29) is 22.3 Å². The van der Waals surface area contributed by atoms with Crippen LogP contribution in [0.25, 0.3) is 28.0 Å². The van der Waals surface area contributed by atoms with Crippen LogP contribution in [0.3, 0.4) is 0 Å². The van der Waals surface area contributed by atoms with E-state index in [9.17, 15) is 24.6 Å². The maximum Gasteiger partial charge on any atom is 0.159 e. The molecule has 0 bridgehead atoms. The molecular weight excluding hydrogens is 406 g/mol. The summed E-state index contributed by atoms with van der Waals surface area (Å²) in [4.78, 5) is 4.50. The molecule has 1 heterocycles. The van der Waals surface area contributed by atoms with Gasteiger partial charge in [-0.05, 0) is 34.9 Å². The van der Waals surface area contributed by atoms with Crippen molar-refractivity contribution in [1.29, 1.82) is 15.8 Å². The Morgan fingerprint density at radius 3 is 2.12 bits per heavy atom. The number of fused-ring (bicyclic) bond motifs is 4. The minimum atomic E-state index is -1.10. The van der Waals surface area contributed by atoms with Gasteiger partial charge < -0.3 is 0 Å². The lowest BCUT2D eigenvalue weighted by atomic mass is 9.89. The van der Waals surface area contributed by atoms with Crippen LogP contribution in [0.1, 0.15) is 22.3 Å². The predicted molar refractivity (Wildman–Crippen MR) is 114 cm³/mol. The van der Waals surface area contributed by atoms with Crippen LogP contribution in [-0.2, 0) is 0 Å². The molecule has 2 aliphatic carbocycles. The van der Waals surface area contributed by atoms with E-state index >= 15 is 0 Å². The number of nitrogens with zero attached hydrogens (tertiary/aromatic N) is 4. The van der Waals surface area contributed by atoms with Crippen LogP contribution in [0.15, 0.2) is 72.0 Å². The Kier molecular flexibility index (Phi) is 4.26. The summed E-state index contributed by atoms with van der Waals surface area (Å²) in [7, 11) is 0. The van der Waals surface area contributed by atoms with E-state index in [1.807, 2.05) is 48.5 Å². The van der Waals surface area contributed by atoms with Crippen molar-refractivity contribution in [3.8, 4) is 29.5 Å². The Bertz CT molecular complexity index is 1510. The van der Waals surface area contributed by atoms with Crippen LogP contribution in [-0.4, -0.2) is 4.98 Å². The fourth-order valence-electron chi connectivity index (χ4n) is 4.39. The molecule has 0 N–H and O–H groups in total. The SMILES string of the molecule is N#C/C=C1/C(=C2/c3ccccc3-c3ncccc32)C(=C(C#N)C#N)c2cc(F)c(F)cc21. The van der Waals surface area contributed by atoms with Gasteiger partial charge in [-0.15, -0.1) is 0 Å². The standard InChI is InChI=1S/C26H10F2N4/c27-21-10-19-16(7-8-29)25(23(14(12-30)13-31)20(19)11-22(21)28)24-15-4-1-2-5-17(15)26-18(24)6-3-9-32-26/h1-7,9-11H/b16-7+,25-24+. The maximum atomic E-state index is 14.2. The summed E-state index contributed by atoms with van der Waals surface area (Å²) in [6.45, 7) is 0. The fraction of sp³-hybridized carbons (Fsp3) is 0. The number of hydrogen-bond acceptors (Lipinski definition) is 4. The minimum Gasteiger partial charge on any atom is -0.256 e. The summed E-state index contributed by atoms with van der Waals surface area (Å²) in [5.74, 6) is -2.18. The lowest BCUT2D eigenvalue weighted by Crippen LogP contribution is -1.94. The zero-order chi connectivity index (χ0) is 22.4. The van der Waals surface area contributed by atoms with E-state index < -0.39 is 11.6 Å². The molecular formula is C26H10F2N4. The Balaban J connectivity index is 2.03. The van der Waals surface area contributed by atoms with Gasteiger partial charge in [-0.1, -0.05) is 30.3 Å². The Morgan fingerprint density at radius 1 is 0.781 bits per heavy atom. The van der Waals surface area contributed by atoms with Gasteiger partial charge in [-0.2, -0.15) is 15.8 Å². The number of rotatable bonds is 0. The van der Waals surface area contributed by atoms with E-state index in [0.717, 1.165) is 28.8 Å². The molecule has 2 aromatic carbocycles. The number of halogens is 2. The van der Waals surface area contributed by atoms with E-state index in [1.54, 1.807) is 12.3 Å². The smallest absolute Gasteiger partial charge is 0.159 e. The largest absolute Gasteiger partial charge is 0.256 e. The summed E-state index contributed by atoms with van der Waals surface area (Å²) in [5.41, 5.74) is 4.85. The van der Waals surface area contributed by atoms with E-state index in [0.29, 0.717) is 22.4 Å². The highest BCUT2D eigenvalue weighted by atomic mass is 19.2. The van der Waals surface area contributed by atoms with Crippen LogP contribution >= 0.6 is 0 Å². The van der Waals surface area contributed by atoms with Crippen molar-refractivity contribution in [2.75, 3.05) is 0 Å². The van der Waals surface area contributed by atoms with Gasteiger partial charge in [-0.25, -0.2) is 8.78 Å². The predicted octanol–water partition coefficient (Wildman–Crippen LogP) is 5.56. The summed E-state index contributed by atoms with van der Waals surface area (Å²) in [5, 5.41) is 28.9. The van der Waals surface area contributed by atoms with E-state index in [2.05, 4.69) is 4.98 Å². The highest BCUT2D eigenvalue weighted by Crippen LogP contribution is 2.55. The van der Waals surface area contributed by atoms with Gasteiger partial charge in [0.2, 0.25) is 0 Å². The van der Waals surface area contributed by atoms with Crippen molar-refractivity contribution in [1.82, 2.24) is 4.98 Å². The maximum absolute atomic E-state index is 14.2. The summed E-state index contributed by atoms with van der Waals surface area (Å²) in [6, 6.07) is 18.8. The molecule has 4 nitrogen and oxygen atoms in total. The Hall–Kier alpha value is -4.86. The van der Waals surface area contributed by atoms with E-state index in [1.165, 1.54) is 6.08 Å². The summed E-state index contributed by atoms with van der Waals surface area (Å²) in [6.07, 6.45) is 2.89. The first kappa shape index (κ1) is 19.1. The molecule has 6 heteroatoms. The van der Waals surface area contributed by atoms with Crippen molar-refractivity contribution in [3.05, 3.63) is 106 Å². The normalized spacial score (nSPS) is 16.6. The van der Waals surface area contributed by atoms with Crippen LogP contribution in [0.5, 0.6) is 0 Å². The lowest BCUT2D eigenvalue weighted by molar-refractivity contribution is 0.508. The average molecular weight is 416 g/mol. The molecule has 0 aliphatic heterocycles.